The summed E-state index contributed by atoms with van der Waals surface area (Å²) in [5, 5.41) is 0. The number of rotatable bonds is 2. The van der Waals surface area contributed by atoms with E-state index in [1.807, 2.05) is 24.3 Å². The molecule has 0 saturated heterocycles. The minimum Gasteiger partial charge on any atom is -0.497 e. The third-order valence-corrected chi connectivity index (χ3v) is 2.41. The zero-order chi connectivity index (χ0) is 11.5. The van der Waals surface area contributed by atoms with E-state index < -0.39 is 0 Å². The van der Waals surface area contributed by atoms with E-state index in [0.717, 1.165) is 16.9 Å². The van der Waals surface area contributed by atoms with Crippen LogP contribution in [0.5, 0.6) is 5.75 Å². The molecule has 0 bridgehead atoms. The zero-order valence-corrected chi connectivity index (χ0v) is 8.91. The van der Waals surface area contributed by atoms with Crippen molar-refractivity contribution in [1.82, 2.24) is 0 Å². The lowest BCUT2D eigenvalue weighted by atomic mass is 10.0. The molecule has 2 rings (SSSR count). The van der Waals surface area contributed by atoms with E-state index >= 15 is 0 Å². The van der Waals surface area contributed by atoms with Crippen LogP contribution in [0.3, 0.4) is 0 Å². The normalized spacial score (nSPS) is 10.1. The Bertz CT molecular complexity index is 494. The second-order valence-electron chi connectivity index (χ2n) is 3.46. The Balaban J connectivity index is 2.42. The molecule has 0 radical (unpaired) electrons. The van der Waals surface area contributed by atoms with Crippen LogP contribution in [-0.4, -0.2) is 7.11 Å². The highest BCUT2D eigenvalue weighted by Gasteiger charge is 2.03. The molecule has 2 aromatic rings. The Kier molecular flexibility index (Phi) is 2.77. The van der Waals surface area contributed by atoms with Gasteiger partial charge < -0.3 is 10.5 Å². The zero-order valence-electron chi connectivity index (χ0n) is 8.91. The fourth-order valence-corrected chi connectivity index (χ4v) is 1.57. The average molecular weight is 217 g/mol. The second kappa shape index (κ2) is 4.23. The van der Waals surface area contributed by atoms with Crippen LogP contribution in [0.2, 0.25) is 0 Å². The molecule has 0 unspecified atom stereocenters. The fraction of sp³-hybridized carbons (Fsp3) is 0.0769. The van der Waals surface area contributed by atoms with E-state index in [2.05, 4.69) is 0 Å². The molecule has 2 N–H and O–H groups in total. The summed E-state index contributed by atoms with van der Waals surface area (Å²) in [6.07, 6.45) is 0. The first-order valence-corrected chi connectivity index (χ1v) is 4.90. The van der Waals surface area contributed by atoms with Crippen molar-refractivity contribution in [2.45, 2.75) is 0 Å². The number of ether oxygens (including phenoxy) is 1. The molecule has 0 spiro atoms. The molecule has 3 heteroatoms. The molecule has 2 nitrogen and oxygen atoms in total. The molecule has 2 aromatic carbocycles. The molecule has 0 aliphatic carbocycles. The van der Waals surface area contributed by atoms with Crippen molar-refractivity contribution >= 4 is 5.69 Å². The predicted molar refractivity (Wildman–Crippen MR) is 62.8 cm³/mol. The van der Waals surface area contributed by atoms with Gasteiger partial charge in [-0.05, 0) is 35.9 Å². The number of methoxy groups -OCH3 is 1. The number of anilines is 1. The topological polar surface area (TPSA) is 35.2 Å². The van der Waals surface area contributed by atoms with Crippen molar-refractivity contribution in [1.29, 1.82) is 0 Å². The van der Waals surface area contributed by atoms with Crippen molar-refractivity contribution in [3.63, 3.8) is 0 Å². The summed E-state index contributed by atoms with van der Waals surface area (Å²) in [4.78, 5) is 0. The smallest absolute Gasteiger partial charge is 0.125 e. The first-order valence-electron chi connectivity index (χ1n) is 4.90. The highest BCUT2D eigenvalue weighted by molar-refractivity contribution is 5.76. The summed E-state index contributed by atoms with van der Waals surface area (Å²) in [6.45, 7) is 0. The van der Waals surface area contributed by atoms with Gasteiger partial charge >= 0.3 is 0 Å². The largest absolute Gasteiger partial charge is 0.497 e. The van der Waals surface area contributed by atoms with Gasteiger partial charge in [0.1, 0.15) is 11.6 Å². The second-order valence-corrected chi connectivity index (χ2v) is 3.46. The maximum Gasteiger partial charge on any atom is 0.125 e. The number of benzene rings is 2. The van der Waals surface area contributed by atoms with E-state index in [0.29, 0.717) is 5.69 Å². The molecule has 0 aromatic heterocycles. The van der Waals surface area contributed by atoms with Gasteiger partial charge in [-0.25, -0.2) is 4.39 Å². The third-order valence-electron chi connectivity index (χ3n) is 2.41. The lowest BCUT2D eigenvalue weighted by molar-refractivity contribution is 0.415. The van der Waals surface area contributed by atoms with Gasteiger partial charge in [0.2, 0.25) is 0 Å². The highest BCUT2D eigenvalue weighted by atomic mass is 19.1. The molecule has 0 saturated carbocycles. The van der Waals surface area contributed by atoms with Crippen LogP contribution >= 0.6 is 0 Å². The minimum atomic E-state index is -0.324. The van der Waals surface area contributed by atoms with E-state index in [1.165, 1.54) is 12.1 Å². The standard InChI is InChI=1S/C13H12FNO/c1-16-11-5-2-9(3-6-11)12-7-4-10(14)8-13(12)15/h2-8H,15H2,1H3. The molecular formula is C13H12FNO. The number of hydrogen-bond acceptors (Lipinski definition) is 2. The monoisotopic (exact) mass is 217 g/mol. The highest BCUT2D eigenvalue weighted by Crippen LogP contribution is 2.27. The summed E-state index contributed by atoms with van der Waals surface area (Å²) < 4.78 is 17.9. The number of nitrogen functional groups attached to an aromatic ring is 1. The minimum absolute atomic E-state index is 0.324. The Morgan fingerprint density at radius 1 is 1.06 bits per heavy atom. The number of hydrogen-bond donors (Lipinski definition) is 1. The average Bonchev–Trinajstić information content (AvgIpc) is 2.29. The van der Waals surface area contributed by atoms with Gasteiger partial charge in [-0.2, -0.15) is 0 Å². The number of nitrogens with two attached hydrogens (primary N) is 1. The van der Waals surface area contributed by atoms with E-state index in [4.69, 9.17) is 10.5 Å². The van der Waals surface area contributed by atoms with Gasteiger partial charge in [0.15, 0.2) is 0 Å². The number of halogens is 1. The van der Waals surface area contributed by atoms with Crippen molar-refractivity contribution < 1.29 is 9.13 Å². The quantitative estimate of drug-likeness (QED) is 0.784. The fourth-order valence-electron chi connectivity index (χ4n) is 1.57. The van der Waals surface area contributed by atoms with Crippen LogP contribution in [0.25, 0.3) is 11.1 Å². The molecule has 0 amide bonds. The maximum absolute atomic E-state index is 12.9. The van der Waals surface area contributed by atoms with Gasteiger partial charge in [-0.15, -0.1) is 0 Å². The molecule has 16 heavy (non-hydrogen) atoms. The van der Waals surface area contributed by atoms with Crippen LogP contribution in [-0.2, 0) is 0 Å². The first kappa shape index (κ1) is 10.5. The summed E-state index contributed by atoms with van der Waals surface area (Å²) in [5.74, 6) is 0.458. The van der Waals surface area contributed by atoms with Gasteiger partial charge in [0.05, 0.1) is 7.11 Å². The van der Waals surface area contributed by atoms with Gasteiger partial charge in [0.25, 0.3) is 0 Å². The van der Waals surface area contributed by atoms with Crippen LogP contribution in [0.15, 0.2) is 42.5 Å². The summed E-state index contributed by atoms with van der Waals surface area (Å²) >= 11 is 0. The Labute approximate surface area is 93.5 Å². The molecule has 0 atom stereocenters. The lowest BCUT2D eigenvalue weighted by Crippen LogP contribution is -1.91. The van der Waals surface area contributed by atoms with E-state index in [9.17, 15) is 4.39 Å². The van der Waals surface area contributed by atoms with Crippen molar-refractivity contribution in [2.24, 2.45) is 0 Å². The Morgan fingerprint density at radius 3 is 2.31 bits per heavy atom. The summed E-state index contributed by atoms with van der Waals surface area (Å²) in [5.41, 5.74) is 7.95. The van der Waals surface area contributed by atoms with Crippen LogP contribution in [0.1, 0.15) is 0 Å². The Hall–Kier alpha value is -2.03. The molecule has 0 heterocycles. The SMILES string of the molecule is COc1ccc(-c2ccc(F)cc2N)cc1. The molecule has 0 fully saturated rings. The molecule has 0 aliphatic rings. The van der Waals surface area contributed by atoms with Gasteiger partial charge in [-0.1, -0.05) is 12.1 Å². The van der Waals surface area contributed by atoms with Gasteiger partial charge in [-0.3, -0.25) is 0 Å². The summed E-state index contributed by atoms with van der Waals surface area (Å²) in [7, 11) is 1.61. The van der Waals surface area contributed by atoms with E-state index in [-0.39, 0.29) is 5.82 Å². The Morgan fingerprint density at radius 2 is 1.75 bits per heavy atom. The molecular weight excluding hydrogens is 205 g/mol. The molecule has 82 valence electrons. The first-order chi connectivity index (χ1) is 7.70. The van der Waals surface area contributed by atoms with Crippen LogP contribution in [0.4, 0.5) is 10.1 Å². The summed E-state index contributed by atoms with van der Waals surface area (Å²) in [6, 6.07) is 11.9. The van der Waals surface area contributed by atoms with Crippen LogP contribution in [0, 0.1) is 5.82 Å². The van der Waals surface area contributed by atoms with Crippen molar-refractivity contribution in [3.05, 3.63) is 48.3 Å². The maximum atomic E-state index is 12.9. The van der Waals surface area contributed by atoms with Crippen molar-refractivity contribution in [3.8, 4) is 16.9 Å². The third kappa shape index (κ3) is 1.98. The van der Waals surface area contributed by atoms with Crippen molar-refractivity contribution in [2.75, 3.05) is 12.8 Å². The molecule has 0 aliphatic heterocycles. The lowest BCUT2D eigenvalue weighted by Gasteiger charge is -2.06. The predicted octanol–water partition coefficient (Wildman–Crippen LogP) is 3.08. The van der Waals surface area contributed by atoms with Gasteiger partial charge in [0, 0.05) is 11.3 Å². The van der Waals surface area contributed by atoms with E-state index in [1.54, 1.807) is 13.2 Å². The van der Waals surface area contributed by atoms with Crippen LogP contribution < -0.4 is 10.5 Å².